The molecular formula is C21H27N3O. The van der Waals surface area contributed by atoms with E-state index >= 15 is 0 Å². The molecule has 1 N–H and O–H groups in total. The quantitative estimate of drug-likeness (QED) is 0.911. The number of hydrogen-bond acceptors (Lipinski definition) is 3. The standard InChI is InChI=1S/C21H27N3O/c1-17-5-3-7-19(15-17)21(25)22-9-10-23-11-13-24(14-12-23)20-8-4-6-18(2)16-20/h3-8,15-16H,9-14H2,1-2H3,(H,22,25). The summed E-state index contributed by atoms with van der Waals surface area (Å²) >= 11 is 0. The number of anilines is 1. The van der Waals surface area contributed by atoms with E-state index in [0.29, 0.717) is 6.54 Å². The molecule has 3 rings (SSSR count). The zero-order chi connectivity index (χ0) is 17.6. The maximum atomic E-state index is 12.2. The number of carbonyl (C=O) groups is 1. The van der Waals surface area contributed by atoms with Crippen molar-refractivity contribution in [1.82, 2.24) is 10.2 Å². The Bertz CT molecular complexity index is 721. The molecule has 2 aromatic rings. The highest BCUT2D eigenvalue weighted by Crippen LogP contribution is 2.17. The average Bonchev–Trinajstić information content (AvgIpc) is 2.62. The largest absolute Gasteiger partial charge is 0.369 e. The number of piperazine rings is 1. The average molecular weight is 337 g/mol. The molecule has 1 heterocycles. The summed E-state index contributed by atoms with van der Waals surface area (Å²) in [6, 6.07) is 16.4. The van der Waals surface area contributed by atoms with Gasteiger partial charge in [0.15, 0.2) is 0 Å². The lowest BCUT2D eigenvalue weighted by Gasteiger charge is -2.36. The van der Waals surface area contributed by atoms with Crippen LogP contribution in [0, 0.1) is 13.8 Å². The minimum Gasteiger partial charge on any atom is -0.369 e. The summed E-state index contributed by atoms with van der Waals surface area (Å²) in [4.78, 5) is 17.0. The van der Waals surface area contributed by atoms with E-state index in [9.17, 15) is 4.79 Å². The molecule has 0 spiro atoms. The molecule has 4 heteroatoms. The van der Waals surface area contributed by atoms with Crippen molar-refractivity contribution in [3.8, 4) is 0 Å². The number of nitrogens with one attached hydrogen (secondary N) is 1. The van der Waals surface area contributed by atoms with Crippen molar-refractivity contribution < 1.29 is 4.79 Å². The summed E-state index contributed by atoms with van der Waals surface area (Å²) in [5, 5.41) is 3.03. The lowest BCUT2D eigenvalue weighted by molar-refractivity contribution is 0.0947. The fraction of sp³-hybridized carbons (Fsp3) is 0.381. The predicted molar refractivity (Wildman–Crippen MR) is 103 cm³/mol. The molecule has 1 saturated heterocycles. The van der Waals surface area contributed by atoms with Crippen molar-refractivity contribution in [1.29, 1.82) is 0 Å². The second-order valence-electron chi connectivity index (χ2n) is 6.79. The van der Waals surface area contributed by atoms with Gasteiger partial charge in [-0.25, -0.2) is 0 Å². The highest BCUT2D eigenvalue weighted by molar-refractivity contribution is 5.94. The molecule has 0 aliphatic carbocycles. The van der Waals surface area contributed by atoms with Gasteiger partial charge >= 0.3 is 0 Å². The van der Waals surface area contributed by atoms with E-state index in [1.54, 1.807) is 0 Å². The van der Waals surface area contributed by atoms with Crippen LogP contribution in [0.2, 0.25) is 0 Å². The summed E-state index contributed by atoms with van der Waals surface area (Å²) in [5.74, 6) is 0.0158. The third-order valence-electron chi connectivity index (χ3n) is 4.73. The summed E-state index contributed by atoms with van der Waals surface area (Å²) in [6.45, 7) is 9.88. The monoisotopic (exact) mass is 337 g/mol. The van der Waals surface area contributed by atoms with Crippen molar-refractivity contribution in [3.05, 3.63) is 65.2 Å². The van der Waals surface area contributed by atoms with Gasteiger partial charge in [0.25, 0.3) is 5.91 Å². The smallest absolute Gasteiger partial charge is 0.251 e. The number of benzene rings is 2. The Morgan fingerprint density at radius 2 is 1.64 bits per heavy atom. The van der Waals surface area contributed by atoms with Crippen molar-refractivity contribution in [3.63, 3.8) is 0 Å². The van der Waals surface area contributed by atoms with Crippen LogP contribution in [0.25, 0.3) is 0 Å². The molecule has 0 aromatic heterocycles. The maximum absolute atomic E-state index is 12.2. The molecule has 0 unspecified atom stereocenters. The Hall–Kier alpha value is -2.33. The minimum atomic E-state index is 0.0158. The third-order valence-corrected chi connectivity index (χ3v) is 4.73. The molecule has 4 nitrogen and oxygen atoms in total. The number of amides is 1. The Balaban J connectivity index is 1.41. The van der Waals surface area contributed by atoms with Gasteiger partial charge in [-0.3, -0.25) is 9.69 Å². The van der Waals surface area contributed by atoms with Gasteiger partial charge in [0, 0.05) is 50.5 Å². The Morgan fingerprint density at radius 1 is 0.960 bits per heavy atom. The van der Waals surface area contributed by atoms with Crippen molar-refractivity contribution in [2.24, 2.45) is 0 Å². The van der Waals surface area contributed by atoms with Crippen LogP contribution in [-0.2, 0) is 0 Å². The topological polar surface area (TPSA) is 35.6 Å². The molecule has 0 radical (unpaired) electrons. The first-order valence-electron chi connectivity index (χ1n) is 9.01. The molecule has 0 atom stereocenters. The van der Waals surface area contributed by atoms with Crippen molar-refractivity contribution in [2.45, 2.75) is 13.8 Å². The molecule has 1 fully saturated rings. The number of nitrogens with zero attached hydrogens (tertiary/aromatic N) is 2. The zero-order valence-electron chi connectivity index (χ0n) is 15.2. The summed E-state index contributed by atoms with van der Waals surface area (Å²) in [6.07, 6.45) is 0. The van der Waals surface area contributed by atoms with Gasteiger partial charge in [-0.05, 0) is 43.7 Å². The SMILES string of the molecule is Cc1cccc(C(=O)NCCN2CCN(c3cccc(C)c3)CC2)c1. The van der Waals surface area contributed by atoms with Gasteiger partial charge in [-0.15, -0.1) is 0 Å². The second-order valence-corrected chi connectivity index (χ2v) is 6.79. The molecule has 1 aliphatic heterocycles. The van der Waals surface area contributed by atoms with Crippen molar-refractivity contribution >= 4 is 11.6 Å². The van der Waals surface area contributed by atoms with Gasteiger partial charge in [0.2, 0.25) is 0 Å². The molecular weight excluding hydrogens is 310 g/mol. The van der Waals surface area contributed by atoms with E-state index in [1.165, 1.54) is 11.3 Å². The molecule has 1 amide bonds. The number of carbonyl (C=O) groups excluding carboxylic acids is 1. The lowest BCUT2D eigenvalue weighted by Crippen LogP contribution is -2.48. The fourth-order valence-electron chi connectivity index (χ4n) is 3.27. The number of rotatable bonds is 5. The maximum Gasteiger partial charge on any atom is 0.251 e. The molecule has 132 valence electrons. The highest BCUT2D eigenvalue weighted by Gasteiger charge is 2.17. The van der Waals surface area contributed by atoms with Crippen LogP contribution in [0.5, 0.6) is 0 Å². The zero-order valence-corrected chi connectivity index (χ0v) is 15.2. The molecule has 1 aliphatic rings. The van der Waals surface area contributed by atoms with Crippen LogP contribution in [-0.4, -0.2) is 50.1 Å². The predicted octanol–water partition coefficient (Wildman–Crippen LogP) is 2.86. The summed E-state index contributed by atoms with van der Waals surface area (Å²) in [7, 11) is 0. The van der Waals surface area contributed by atoms with Crippen LogP contribution < -0.4 is 10.2 Å². The lowest BCUT2D eigenvalue weighted by atomic mass is 10.1. The second kappa shape index (κ2) is 8.17. The summed E-state index contributed by atoms with van der Waals surface area (Å²) < 4.78 is 0. The summed E-state index contributed by atoms with van der Waals surface area (Å²) in [5.41, 5.74) is 4.47. The third kappa shape index (κ3) is 4.83. The van der Waals surface area contributed by atoms with Crippen LogP contribution >= 0.6 is 0 Å². The first-order valence-corrected chi connectivity index (χ1v) is 9.01. The molecule has 2 aromatic carbocycles. The van der Waals surface area contributed by atoms with Crippen LogP contribution in [0.4, 0.5) is 5.69 Å². The minimum absolute atomic E-state index is 0.0158. The first kappa shape index (κ1) is 17.5. The highest BCUT2D eigenvalue weighted by atomic mass is 16.1. The van der Waals surface area contributed by atoms with Gasteiger partial charge in [0.05, 0.1) is 0 Å². The van der Waals surface area contributed by atoms with E-state index < -0.39 is 0 Å². The van der Waals surface area contributed by atoms with E-state index in [1.807, 2.05) is 31.2 Å². The van der Waals surface area contributed by atoms with E-state index in [2.05, 4.69) is 46.3 Å². The number of aryl methyl sites for hydroxylation is 2. The van der Waals surface area contributed by atoms with E-state index in [-0.39, 0.29) is 5.91 Å². The van der Waals surface area contributed by atoms with Crippen LogP contribution in [0.1, 0.15) is 21.5 Å². The van der Waals surface area contributed by atoms with Crippen LogP contribution in [0.3, 0.4) is 0 Å². The Labute approximate surface area is 150 Å². The van der Waals surface area contributed by atoms with Gasteiger partial charge in [-0.2, -0.15) is 0 Å². The van der Waals surface area contributed by atoms with Gasteiger partial charge in [0.1, 0.15) is 0 Å². The van der Waals surface area contributed by atoms with Crippen LogP contribution in [0.15, 0.2) is 48.5 Å². The number of hydrogen-bond donors (Lipinski definition) is 1. The molecule has 25 heavy (non-hydrogen) atoms. The fourth-order valence-corrected chi connectivity index (χ4v) is 3.27. The van der Waals surface area contributed by atoms with Gasteiger partial charge in [-0.1, -0.05) is 29.8 Å². The first-order chi connectivity index (χ1) is 12.1. The molecule has 0 bridgehead atoms. The Kier molecular flexibility index (Phi) is 5.71. The molecule has 0 saturated carbocycles. The van der Waals surface area contributed by atoms with Gasteiger partial charge < -0.3 is 10.2 Å². The van der Waals surface area contributed by atoms with E-state index in [4.69, 9.17) is 0 Å². The van der Waals surface area contributed by atoms with Crippen molar-refractivity contribution in [2.75, 3.05) is 44.2 Å². The Morgan fingerprint density at radius 3 is 2.32 bits per heavy atom. The normalized spacial score (nSPS) is 15.2. The van der Waals surface area contributed by atoms with E-state index in [0.717, 1.165) is 43.9 Å².